The van der Waals surface area contributed by atoms with Crippen molar-refractivity contribution in [1.82, 2.24) is 20.9 Å². The second kappa shape index (κ2) is 14.8. The average molecular weight is 585 g/mol. The molecule has 0 aromatic heterocycles. The molecule has 2 fully saturated rings. The highest BCUT2D eigenvalue weighted by atomic mass is 16.6. The molecule has 42 heavy (non-hydrogen) atoms. The number of ether oxygens (including phenoxy) is 3. The molecule has 4 atom stereocenters. The van der Waals surface area contributed by atoms with Crippen molar-refractivity contribution >= 4 is 23.5 Å². The van der Waals surface area contributed by atoms with E-state index in [9.17, 15) is 19.2 Å². The molecule has 3 N–H and O–H groups in total. The summed E-state index contributed by atoms with van der Waals surface area (Å²) >= 11 is 0. The predicted molar refractivity (Wildman–Crippen MR) is 156 cm³/mol. The van der Waals surface area contributed by atoms with Gasteiger partial charge in [-0.1, -0.05) is 23.8 Å². The van der Waals surface area contributed by atoms with E-state index in [1.807, 2.05) is 17.0 Å². The standard InChI is InChI=1S/C31H44N4O7/c1-21(32-27(36)19-35-13-15-41-16-14-35)29(38)34-26(18-23-9-11-24(40-3)12-10-23)30(39)33-25(28(37)31(2)20-42-31)17-22-7-5-4-6-8-22/h7,9-12,21,25-26H,4-6,8,13-20H2,1-3H3,(H,32,36)(H,33,39)(H,34,38)/t21-,25-,26?,31+/m0/s1. The smallest absolute Gasteiger partial charge is 0.243 e. The van der Waals surface area contributed by atoms with Crippen LogP contribution in [0.15, 0.2) is 35.9 Å². The van der Waals surface area contributed by atoms with Crippen LogP contribution in [0, 0.1) is 0 Å². The topological polar surface area (TPSA) is 139 Å². The van der Waals surface area contributed by atoms with Gasteiger partial charge in [-0.05, 0) is 63.6 Å². The van der Waals surface area contributed by atoms with Gasteiger partial charge < -0.3 is 30.2 Å². The minimum atomic E-state index is -0.979. The highest BCUT2D eigenvalue weighted by Crippen LogP contribution is 2.31. The van der Waals surface area contributed by atoms with Crippen LogP contribution in [0.2, 0.25) is 0 Å². The Labute approximate surface area is 247 Å². The average Bonchev–Trinajstić information content (AvgIpc) is 3.75. The lowest BCUT2D eigenvalue weighted by Gasteiger charge is -2.27. The third-order valence-corrected chi connectivity index (χ3v) is 8.06. The number of hydrogen-bond donors (Lipinski definition) is 3. The van der Waals surface area contributed by atoms with Gasteiger partial charge in [-0.15, -0.1) is 0 Å². The number of carbonyl (C=O) groups is 4. The van der Waals surface area contributed by atoms with E-state index < -0.39 is 35.5 Å². The van der Waals surface area contributed by atoms with Crippen LogP contribution < -0.4 is 20.7 Å². The van der Waals surface area contributed by atoms with E-state index in [0.717, 1.165) is 36.8 Å². The van der Waals surface area contributed by atoms with Crippen molar-refractivity contribution in [2.45, 2.75) is 76.1 Å². The molecule has 2 heterocycles. The number of nitrogens with zero attached hydrogens (tertiary/aromatic N) is 1. The fourth-order valence-electron chi connectivity index (χ4n) is 5.27. The van der Waals surface area contributed by atoms with Crippen molar-refractivity contribution in [1.29, 1.82) is 0 Å². The Morgan fingerprint density at radius 2 is 1.67 bits per heavy atom. The van der Waals surface area contributed by atoms with E-state index in [1.165, 1.54) is 0 Å². The fraction of sp³-hybridized carbons (Fsp3) is 0.613. The van der Waals surface area contributed by atoms with Gasteiger partial charge >= 0.3 is 0 Å². The molecular formula is C31H44N4O7. The molecule has 0 saturated carbocycles. The van der Waals surface area contributed by atoms with Crippen molar-refractivity contribution < 1.29 is 33.4 Å². The van der Waals surface area contributed by atoms with Gasteiger partial charge in [-0.25, -0.2) is 0 Å². The summed E-state index contributed by atoms with van der Waals surface area (Å²) in [4.78, 5) is 54.9. The summed E-state index contributed by atoms with van der Waals surface area (Å²) in [6, 6.07) is 4.61. The number of methoxy groups -OCH3 is 1. The summed E-state index contributed by atoms with van der Waals surface area (Å²) in [5.74, 6) is -0.732. The molecule has 2 saturated heterocycles. The number of morpholine rings is 1. The molecule has 1 aromatic carbocycles. The summed E-state index contributed by atoms with van der Waals surface area (Å²) in [7, 11) is 1.57. The number of nitrogens with one attached hydrogen (secondary N) is 3. The quantitative estimate of drug-likeness (QED) is 0.220. The Morgan fingerprint density at radius 3 is 2.29 bits per heavy atom. The Balaban J connectivity index is 1.45. The van der Waals surface area contributed by atoms with E-state index >= 15 is 0 Å². The van der Waals surface area contributed by atoms with Gasteiger partial charge in [0.15, 0.2) is 5.78 Å². The normalized spacial score (nSPS) is 22.6. The molecule has 1 unspecified atom stereocenters. The summed E-state index contributed by atoms with van der Waals surface area (Å²) in [6.45, 7) is 6.25. The predicted octanol–water partition coefficient (Wildman–Crippen LogP) is 1.29. The van der Waals surface area contributed by atoms with E-state index in [-0.39, 0.29) is 24.7 Å². The molecule has 0 bridgehead atoms. The monoisotopic (exact) mass is 584 g/mol. The lowest BCUT2D eigenvalue weighted by molar-refractivity contribution is -0.134. The number of amides is 3. The lowest BCUT2D eigenvalue weighted by Crippen LogP contribution is -2.57. The molecule has 3 aliphatic rings. The second-order valence-corrected chi connectivity index (χ2v) is 11.5. The van der Waals surface area contributed by atoms with Gasteiger partial charge in [-0.3, -0.25) is 24.1 Å². The number of epoxide rings is 1. The second-order valence-electron chi connectivity index (χ2n) is 11.5. The van der Waals surface area contributed by atoms with Crippen molar-refractivity contribution in [3.05, 3.63) is 41.5 Å². The number of ketones is 1. The number of Topliss-reactive ketones (excluding diaryl/α,β-unsaturated/α-hetero) is 1. The van der Waals surface area contributed by atoms with E-state index in [4.69, 9.17) is 14.2 Å². The Kier molecular flexibility index (Phi) is 11.1. The number of allylic oxidation sites excluding steroid dienone is 1. The van der Waals surface area contributed by atoms with Crippen molar-refractivity contribution in [3.8, 4) is 5.75 Å². The largest absolute Gasteiger partial charge is 0.497 e. The lowest BCUT2D eigenvalue weighted by atomic mass is 9.89. The molecular weight excluding hydrogens is 540 g/mol. The molecule has 4 rings (SSSR count). The Bertz CT molecular complexity index is 1140. The molecule has 1 aliphatic carbocycles. The van der Waals surface area contributed by atoms with Gasteiger partial charge in [0.05, 0.1) is 39.5 Å². The van der Waals surface area contributed by atoms with E-state index in [0.29, 0.717) is 45.1 Å². The third kappa shape index (κ3) is 9.11. The fourth-order valence-corrected chi connectivity index (χ4v) is 5.27. The minimum absolute atomic E-state index is 0.164. The summed E-state index contributed by atoms with van der Waals surface area (Å²) < 4.78 is 16.0. The molecule has 0 radical (unpaired) electrons. The van der Waals surface area contributed by atoms with Gasteiger partial charge in [-0.2, -0.15) is 0 Å². The first kappa shape index (κ1) is 31.7. The Morgan fingerprint density at radius 1 is 0.976 bits per heavy atom. The first-order chi connectivity index (χ1) is 20.2. The van der Waals surface area contributed by atoms with Gasteiger partial charge in [0.2, 0.25) is 17.7 Å². The van der Waals surface area contributed by atoms with Gasteiger partial charge in [0.25, 0.3) is 0 Å². The molecule has 0 spiro atoms. The van der Waals surface area contributed by atoms with E-state index in [2.05, 4.69) is 22.0 Å². The number of rotatable bonds is 14. The number of benzene rings is 1. The van der Waals surface area contributed by atoms with Crippen molar-refractivity contribution in [2.75, 3.05) is 46.6 Å². The number of hydrogen-bond acceptors (Lipinski definition) is 8. The van der Waals surface area contributed by atoms with Gasteiger partial charge in [0, 0.05) is 19.5 Å². The molecule has 11 nitrogen and oxygen atoms in total. The zero-order chi connectivity index (χ0) is 30.1. The summed E-state index contributed by atoms with van der Waals surface area (Å²) in [5.41, 5.74) is 1.05. The van der Waals surface area contributed by atoms with Crippen LogP contribution in [0.25, 0.3) is 0 Å². The van der Waals surface area contributed by atoms with Crippen LogP contribution in [-0.4, -0.2) is 98.7 Å². The zero-order valence-electron chi connectivity index (χ0n) is 24.9. The molecule has 2 aliphatic heterocycles. The maximum absolute atomic E-state index is 13.7. The molecule has 230 valence electrons. The van der Waals surface area contributed by atoms with Crippen LogP contribution >= 0.6 is 0 Å². The third-order valence-electron chi connectivity index (χ3n) is 8.06. The maximum atomic E-state index is 13.7. The van der Waals surface area contributed by atoms with Crippen LogP contribution in [0.3, 0.4) is 0 Å². The first-order valence-electron chi connectivity index (χ1n) is 14.9. The summed E-state index contributed by atoms with van der Waals surface area (Å²) in [6.07, 6.45) is 6.79. The first-order valence-corrected chi connectivity index (χ1v) is 14.9. The van der Waals surface area contributed by atoms with Gasteiger partial charge in [0.1, 0.15) is 23.4 Å². The Hall–Kier alpha value is -3.28. The maximum Gasteiger partial charge on any atom is 0.243 e. The minimum Gasteiger partial charge on any atom is -0.497 e. The molecule has 1 aromatic rings. The van der Waals surface area contributed by atoms with E-state index in [1.54, 1.807) is 33.1 Å². The van der Waals surface area contributed by atoms with Crippen LogP contribution in [-0.2, 0) is 35.1 Å². The zero-order valence-corrected chi connectivity index (χ0v) is 24.9. The number of carbonyl (C=O) groups excluding carboxylic acids is 4. The highest BCUT2D eigenvalue weighted by Gasteiger charge is 2.50. The SMILES string of the molecule is COc1ccc(CC(NC(=O)[C@H](C)NC(=O)CN2CCOCC2)C(=O)N[C@@H](CC2=CCCCC2)C(=O)[C@@]2(C)CO2)cc1. The van der Waals surface area contributed by atoms with Crippen molar-refractivity contribution in [3.63, 3.8) is 0 Å². The molecule has 3 amide bonds. The molecule has 11 heteroatoms. The van der Waals surface area contributed by atoms with Crippen LogP contribution in [0.4, 0.5) is 0 Å². The van der Waals surface area contributed by atoms with Crippen LogP contribution in [0.5, 0.6) is 5.75 Å². The van der Waals surface area contributed by atoms with Crippen molar-refractivity contribution in [2.24, 2.45) is 0 Å². The summed E-state index contributed by atoms with van der Waals surface area (Å²) in [5, 5.41) is 8.49. The highest BCUT2D eigenvalue weighted by molar-refractivity contribution is 5.98. The van der Waals surface area contributed by atoms with Crippen LogP contribution in [0.1, 0.15) is 51.5 Å².